The molecule has 30 heavy (non-hydrogen) atoms. The molecule has 0 aliphatic carbocycles. The Balaban J connectivity index is 1.34. The smallest absolute Gasteiger partial charge is 0.144 e. The molecule has 2 aromatic heterocycles. The van der Waals surface area contributed by atoms with Crippen molar-refractivity contribution in [2.24, 2.45) is 0 Å². The zero-order chi connectivity index (χ0) is 20.8. The maximum atomic E-state index is 13.8. The molecule has 5 rings (SSSR count). The monoisotopic (exact) mass is 427 g/mol. The van der Waals surface area contributed by atoms with Crippen LogP contribution in [0.1, 0.15) is 18.8 Å². The highest BCUT2D eigenvalue weighted by Crippen LogP contribution is 2.29. The number of anilines is 1. The molecule has 1 aliphatic heterocycles. The number of benzene rings is 2. The highest BCUT2D eigenvalue weighted by molar-refractivity contribution is 6.31. The summed E-state index contributed by atoms with van der Waals surface area (Å²) in [5, 5.41) is 0.901. The van der Waals surface area contributed by atoms with Gasteiger partial charge in [-0.2, -0.15) is 0 Å². The molecule has 154 valence electrons. The van der Waals surface area contributed by atoms with E-state index in [-0.39, 0.29) is 16.9 Å². The van der Waals surface area contributed by atoms with Crippen molar-refractivity contribution in [2.45, 2.75) is 13.0 Å². The van der Waals surface area contributed by atoms with Crippen molar-refractivity contribution >= 4 is 39.2 Å². The molecule has 0 spiro atoms. The minimum Gasteiger partial charge on any atom is -0.368 e. The van der Waals surface area contributed by atoms with Crippen molar-refractivity contribution < 1.29 is 8.78 Å². The van der Waals surface area contributed by atoms with Crippen molar-refractivity contribution in [3.8, 4) is 0 Å². The van der Waals surface area contributed by atoms with E-state index in [1.165, 1.54) is 12.1 Å². The van der Waals surface area contributed by atoms with Crippen LogP contribution in [0, 0.1) is 11.6 Å². The SMILES string of the molecule is C[C@H](c1nc2cc(Cl)c(F)cc2[nH]1)N1CCN(c2ccnc3ccc(F)cc23)CC1. The summed E-state index contributed by atoms with van der Waals surface area (Å²) in [4.78, 5) is 16.8. The van der Waals surface area contributed by atoms with E-state index in [4.69, 9.17) is 11.6 Å². The Labute approximate surface area is 177 Å². The van der Waals surface area contributed by atoms with E-state index in [0.29, 0.717) is 11.0 Å². The zero-order valence-electron chi connectivity index (χ0n) is 16.4. The molecule has 3 heterocycles. The molecule has 1 saturated heterocycles. The third-order valence-corrected chi connectivity index (χ3v) is 6.11. The number of H-pyrrole nitrogens is 1. The van der Waals surface area contributed by atoms with Crippen molar-refractivity contribution in [1.82, 2.24) is 19.9 Å². The Morgan fingerprint density at radius 2 is 1.83 bits per heavy atom. The number of fused-ring (bicyclic) bond motifs is 2. The summed E-state index contributed by atoms with van der Waals surface area (Å²) in [6.07, 6.45) is 1.77. The molecule has 1 aliphatic rings. The minimum atomic E-state index is -0.457. The summed E-state index contributed by atoms with van der Waals surface area (Å²) >= 11 is 5.88. The first kappa shape index (κ1) is 19.2. The summed E-state index contributed by atoms with van der Waals surface area (Å²) in [7, 11) is 0. The van der Waals surface area contributed by atoms with E-state index in [1.807, 2.05) is 6.07 Å². The van der Waals surface area contributed by atoms with Gasteiger partial charge in [0.2, 0.25) is 0 Å². The van der Waals surface area contributed by atoms with Gasteiger partial charge in [-0.3, -0.25) is 9.88 Å². The Morgan fingerprint density at radius 3 is 2.63 bits per heavy atom. The molecule has 1 atom stereocenters. The lowest BCUT2D eigenvalue weighted by atomic mass is 10.1. The van der Waals surface area contributed by atoms with Crippen LogP contribution in [-0.2, 0) is 0 Å². The van der Waals surface area contributed by atoms with Crippen LogP contribution in [0.5, 0.6) is 0 Å². The van der Waals surface area contributed by atoms with Gasteiger partial charge in [0.05, 0.1) is 27.6 Å². The van der Waals surface area contributed by atoms with Crippen LogP contribution in [0.4, 0.5) is 14.5 Å². The standard InChI is InChI=1S/C22H20ClF2N5/c1-13(22-27-19-11-16(23)17(25)12-20(19)28-22)29-6-8-30(9-7-29)21-4-5-26-18-3-2-14(24)10-15(18)21/h2-5,10-13H,6-9H2,1H3,(H,27,28)/t13-/m1/s1. The molecule has 0 saturated carbocycles. The van der Waals surface area contributed by atoms with Gasteiger partial charge in [0.15, 0.2) is 0 Å². The molecule has 0 unspecified atom stereocenters. The molecule has 0 radical (unpaired) electrons. The molecule has 1 fully saturated rings. The van der Waals surface area contributed by atoms with Gasteiger partial charge in [0, 0.05) is 49.5 Å². The number of piperazine rings is 1. The number of pyridine rings is 1. The van der Waals surface area contributed by atoms with Crippen LogP contribution in [0.25, 0.3) is 21.9 Å². The highest BCUT2D eigenvalue weighted by Gasteiger charge is 2.25. The summed E-state index contributed by atoms with van der Waals surface area (Å²) in [6, 6.07) is 9.61. The fourth-order valence-electron chi connectivity index (χ4n) is 4.13. The molecule has 1 N–H and O–H groups in total. The lowest BCUT2D eigenvalue weighted by Gasteiger charge is -2.38. The average Bonchev–Trinajstić information content (AvgIpc) is 3.16. The summed E-state index contributed by atoms with van der Waals surface area (Å²) in [5.41, 5.74) is 3.09. The lowest BCUT2D eigenvalue weighted by molar-refractivity contribution is 0.193. The maximum absolute atomic E-state index is 13.8. The van der Waals surface area contributed by atoms with E-state index < -0.39 is 5.82 Å². The second-order valence-electron chi connectivity index (χ2n) is 7.60. The number of nitrogens with one attached hydrogen (secondary N) is 1. The van der Waals surface area contributed by atoms with Crippen molar-refractivity contribution in [3.63, 3.8) is 0 Å². The fraction of sp³-hybridized carbons (Fsp3) is 0.273. The average molecular weight is 428 g/mol. The van der Waals surface area contributed by atoms with Crippen molar-refractivity contribution in [2.75, 3.05) is 31.1 Å². The van der Waals surface area contributed by atoms with Crippen LogP contribution >= 0.6 is 11.6 Å². The van der Waals surface area contributed by atoms with E-state index in [1.54, 1.807) is 24.4 Å². The van der Waals surface area contributed by atoms with Gasteiger partial charge in [0.25, 0.3) is 0 Å². The molecule has 0 bridgehead atoms. The molecule has 8 heteroatoms. The zero-order valence-corrected chi connectivity index (χ0v) is 17.1. The van der Waals surface area contributed by atoms with Gasteiger partial charge in [-0.15, -0.1) is 0 Å². The number of aromatic amines is 1. The molecule has 5 nitrogen and oxygen atoms in total. The van der Waals surface area contributed by atoms with Gasteiger partial charge in [-0.05, 0) is 37.3 Å². The molecular formula is C22H20ClF2N5. The Morgan fingerprint density at radius 1 is 1.03 bits per heavy atom. The first-order valence-corrected chi connectivity index (χ1v) is 10.3. The van der Waals surface area contributed by atoms with E-state index in [0.717, 1.165) is 48.6 Å². The van der Waals surface area contributed by atoms with Crippen molar-refractivity contribution in [3.05, 3.63) is 65.1 Å². The first-order valence-electron chi connectivity index (χ1n) is 9.87. The van der Waals surface area contributed by atoms with E-state index in [2.05, 4.69) is 31.7 Å². The number of hydrogen-bond acceptors (Lipinski definition) is 4. The van der Waals surface area contributed by atoms with E-state index >= 15 is 0 Å². The van der Waals surface area contributed by atoms with Gasteiger partial charge in [-0.1, -0.05) is 11.6 Å². The molecule has 4 aromatic rings. The van der Waals surface area contributed by atoms with Crippen molar-refractivity contribution in [1.29, 1.82) is 0 Å². The number of aromatic nitrogens is 3. The van der Waals surface area contributed by atoms with Gasteiger partial charge in [0.1, 0.15) is 17.5 Å². The Hall–Kier alpha value is -2.77. The van der Waals surface area contributed by atoms with Crippen LogP contribution in [-0.4, -0.2) is 46.0 Å². The quantitative estimate of drug-likeness (QED) is 0.504. The highest BCUT2D eigenvalue weighted by atomic mass is 35.5. The molecular weight excluding hydrogens is 408 g/mol. The van der Waals surface area contributed by atoms with Crippen LogP contribution in [0.2, 0.25) is 5.02 Å². The number of halogens is 3. The molecule has 2 aromatic carbocycles. The second-order valence-corrected chi connectivity index (χ2v) is 8.00. The Bertz CT molecular complexity index is 1190. The van der Waals surface area contributed by atoms with E-state index in [9.17, 15) is 8.78 Å². The summed E-state index contributed by atoms with van der Waals surface area (Å²) in [6.45, 7) is 5.35. The summed E-state index contributed by atoms with van der Waals surface area (Å²) < 4.78 is 27.5. The third kappa shape index (κ3) is 3.38. The molecule has 0 amide bonds. The second kappa shape index (κ2) is 7.49. The van der Waals surface area contributed by atoms with Gasteiger partial charge < -0.3 is 9.88 Å². The number of hydrogen-bond donors (Lipinski definition) is 1. The van der Waals surface area contributed by atoms with Gasteiger partial charge in [-0.25, -0.2) is 13.8 Å². The largest absolute Gasteiger partial charge is 0.368 e. The number of nitrogens with zero attached hydrogens (tertiary/aromatic N) is 4. The predicted octanol–water partition coefficient (Wildman–Crippen LogP) is 4.93. The first-order chi connectivity index (χ1) is 14.5. The fourth-order valence-corrected chi connectivity index (χ4v) is 4.28. The maximum Gasteiger partial charge on any atom is 0.144 e. The van der Waals surface area contributed by atoms with Crippen LogP contribution in [0.15, 0.2) is 42.6 Å². The van der Waals surface area contributed by atoms with Gasteiger partial charge >= 0.3 is 0 Å². The lowest BCUT2D eigenvalue weighted by Crippen LogP contribution is -2.47. The third-order valence-electron chi connectivity index (χ3n) is 5.82. The van der Waals surface area contributed by atoms with Crippen LogP contribution < -0.4 is 4.90 Å². The summed E-state index contributed by atoms with van der Waals surface area (Å²) in [5.74, 6) is 0.0728. The Kier molecular flexibility index (Phi) is 4.79. The van der Waals surface area contributed by atoms with Crippen LogP contribution in [0.3, 0.4) is 0 Å². The predicted molar refractivity (Wildman–Crippen MR) is 115 cm³/mol. The number of imidazole rings is 1. The normalized spacial score (nSPS) is 16.5. The number of rotatable bonds is 3. The topological polar surface area (TPSA) is 48.1 Å². The minimum absolute atomic E-state index is 0.0491.